The smallest absolute Gasteiger partial charge is 0.251 e. The number of nitrogens with zero attached hydrogens (tertiary/aromatic N) is 1. The van der Waals surface area contributed by atoms with E-state index in [9.17, 15) is 9.18 Å². The second-order valence-corrected chi connectivity index (χ2v) is 4.85. The molecule has 2 N–H and O–H groups in total. The highest BCUT2D eigenvalue weighted by atomic mass is 35.5. The van der Waals surface area contributed by atoms with E-state index in [0.29, 0.717) is 18.5 Å². The molecule has 0 radical (unpaired) electrons. The van der Waals surface area contributed by atoms with Crippen molar-refractivity contribution in [3.63, 3.8) is 0 Å². The van der Waals surface area contributed by atoms with Crippen molar-refractivity contribution in [2.24, 2.45) is 5.73 Å². The summed E-state index contributed by atoms with van der Waals surface area (Å²) in [5.74, 6) is -0.409. The highest BCUT2D eigenvalue weighted by molar-refractivity contribution is 5.85. The van der Waals surface area contributed by atoms with E-state index in [1.165, 1.54) is 11.0 Å². The van der Waals surface area contributed by atoms with Crippen molar-refractivity contribution in [3.05, 3.63) is 35.6 Å². The zero-order valence-corrected chi connectivity index (χ0v) is 12.2. The number of ether oxygens (including phenoxy) is 1. The Labute approximate surface area is 124 Å². The van der Waals surface area contributed by atoms with Gasteiger partial charge in [0.05, 0.1) is 6.10 Å². The largest absolute Gasteiger partial charge is 0.364 e. The predicted octanol–water partition coefficient (Wildman–Crippen LogP) is 1.71. The molecule has 6 heteroatoms. The lowest BCUT2D eigenvalue weighted by molar-refractivity contribution is -0.141. The van der Waals surface area contributed by atoms with E-state index in [-0.39, 0.29) is 36.8 Å². The first-order valence-electron chi connectivity index (χ1n) is 6.45. The van der Waals surface area contributed by atoms with Gasteiger partial charge in [-0.1, -0.05) is 18.2 Å². The number of carbonyl (C=O) groups is 1. The van der Waals surface area contributed by atoms with Crippen molar-refractivity contribution in [1.82, 2.24) is 4.90 Å². The zero-order valence-electron chi connectivity index (χ0n) is 11.4. The van der Waals surface area contributed by atoms with Crippen LogP contribution >= 0.6 is 12.4 Å². The van der Waals surface area contributed by atoms with Crippen molar-refractivity contribution in [2.45, 2.75) is 31.6 Å². The molecule has 1 aromatic rings. The Morgan fingerprint density at radius 2 is 2.15 bits per heavy atom. The van der Waals surface area contributed by atoms with Gasteiger partial charge in [-0.15, -0.1) is 12.4 Å². The van der Waals surface area contributed by atoms with Crippen LogP contribution in [0.15, 0.2) is 24.3 Å². The fraction of sp³-hybridized carbons (Fsp3) is 0.500. The number of carbonyl (C=O) groups excluding carboxylic acids is 1. The van der Waals surface area contributed by atoms with Crippen molar-refractivity contribution in [1.29, 1.82) is 0 Å². The molecule has 0 spiro atoms. The van der Waals surface area contributed by atoms with Gasteiger partial charge in [0.1, 0.15) is 11.9 Å². The minimum absolute atomic E-state index is 0. The molecule has 2 atom stereocenters. The molecule has 112 valence electrons. The van der Waals surface area contributed by atoms with Gasteiger partial charge in [-0.05, 0) is 18.9 Å². The van der Waals surface area contributed by atoms with Crippen LogP contribution in [0.5, 0.6) is 0 Å². The topological polar surface area (TPSA) is 55.6 Å². The molecule has 1 amide bonds. The van der Waals surface area contributed by atoms with Crippen LogP contribution in [0.1, 0.15) is 18.4 Å². The quantitative estimate of drug-likeness (QED) is 0.921. The lowest BCUT2D eigenvalue weighted by Crippen LogP contribution is -2.36. The van der Waals surface area contributed by atoms with Gasteiger partial charge in [0.15, 0.2) is 0 Å². The van der Waals surface area contributed by atoms with Crippen LogP contribution in [0.3, 0.4) is 0 Å². The van der Waals surface area contributed by atoms with E-state index >= 15 is 0 Å². The zero-order chi connectivity index (χ0) is 13.8. The average Bonchev–Trinajstić information content (AvgIpc) is 2.89. The Morgan fingerprint density at radius 1 is 1.45 bits per heavy atom. The van der Waals surface area contributed by atoms with Gasteiger partial charge in [-0.2, -0.15) is 0 Å². The monoisotopic (exact) mass is 302 g/mol. The SMILES string of the molecule is CN(Cc1ccccc1F)C(=O)[C@@H]1CC[C@H](CN)O1.Cl. The molecule has 0 saturated carbocycles. The first kappa shape index (κ1) is 16.9. The maximum atomic E-state index is 13.5. The lowest BCUT2D eigenvalue weighted by Gasteiger charge is -2.21. The first-order valence-corrected chi connectivity index (χ1v) is 6.45. The Bertz CT molecular complexity index is 459. The highest BCUT2D eigenvalue weighted by Crippen LogP contribution is 2.21. The van der Waals surface area contributed by atoms with Crippen LogP contribution in [0.4, 0.5) is 4.39 Å². The molecule has 2 rings (SSSR count). The molecule has 1 aliphatic rings. The van der Waals surface area contributed by atoms with E-state index in [2.05, 4.69) is 0 Å². The van der Waals surface area contributed by atoms with Gasteiger partial charge in [0.2, 0.25) is 0 Å². The van der Waals surface area contributed by atoms with Gasteiger partial charge < -0.3 is 15.4 Å². The minimum atomic E-state index is -0.440. The third-order valence-electron chi connectivity index (χ3n) is 3.39. The molecule has 1 heterocycles. The van der Waals surface area contributed by atoms with Gasteiger partial charge in [0, 0.05) is 25.7 Å². The van der Waals surface area contributed by atoms with Crippen LogP contribution < -0.4 is 5.73 Å². The lowest BCUT2D eigenvalue weighted by atomic mass is 10.1. The molecule has 0 unspecified atom stereocenters. The van der Waals surface area contributed by atoms with Crippen LogP contribution in [0.2, 0.25) is 0 Å². The summed E-state index contributed by atoms with van der Waals surface area (Å²) in [4.78, 5) is 13.7. The molecule has 0 bridgehead atoms. The summed E-state index contributed by atoms with van der Waals surface area (Å²) in [5.41, 5.74) is 6.02. The summed E-state index contributed by atoms with van der Waals surface area (Å²) < 4.78 is 19.1. The van der Waals surface area contributed by atoms with Gasteiger partial charge in [-0.3, -0.25) is 4.79 Å². The Hall–Kier alpha value is -1.17. The van der Waals surface area contributed by atoms with E-state index in [0.717, 1.165) is 6.42 Å². The average molecular weight is 303 g/mol. The standard InChI is InChI=1S/C14H19FN2O2.ClH/c1-17(9-10-4-2-3-5-12(10)15)14(18)13-7-6-11(8-16)19-13;/h2-5,11,13H,6-9,16H2,1H3;1H/t11-,13+;/m1./s1. The fourth-order valence-electron chi connectivity index (χ4n) is 2.27. The van der Waals surface area contributed by atoms with Crippen LogP contribution in [-0.4, -0.2) is 36.6 Å². The minimum Gasteiger partial charge on any atom is -0.364 e. The summed E-state index contributed by atoms with van der Waals surface area (Å²) in [5, 5.41) is 0. The third-order valence-corrected chi connectivity index (χ3v) is 3.39. The number of nitrogens with two attached hydrogens (primary N) is 1. The first-order chi connectivity index (χ1) is 9.11. The number of hydrogen-bond donors (Lipinski definition) is 1. The molecule has 1 aliphatic heterocycles. The van der Waals surface area contributed by atoms with Gasteiger partial charge in [-0.25, -0.2) is 4.39 Å². The molecule has 1 saturated heterocycles. The maximum Gasteiger partial charge on any atom is 0.251 e. The third kappa shape index (κ3) is 3.91. The summed E-state index contributed by atoms with van der Waals surface area (Å²) in [6.07, 6.45) is 1.02. The normalized spacial score (nSPS) is 21.4. The van der Waals surface area contributed by atoms with Crippen LogP contribution in [0.25, 0.3) is 0 Å². The van der Waals surface area contributed by atoms with E-state index in [1.807, 2.05) is 0 Å². The molecule has 1 aromatic carbocycles. The maximum absolute atomic E-state index is 13.5. The van der Waals surface area contributed by atoms with Gasteiger partial charge in [0.25, 0.3) is 5.91 Å². The Kier molecular flexibility index (Phi) is 6.39. The van der Waals surface area contributed by atoms with Crippen molar-refractivity contribution < 1.29 is 13.9 Å². The number of hydrogen-bond acceptors (Lipinski definition) is 3. The molecule has 20 heavy (non-hydrogen) atoms. The Morgan fingerprint density at radius 3 is 2.75 bits per heavy atom. The second-order valence-electron chi connectivity index (χ2n) is 4.85. The predicted molar refractivity (Wildman–Crippen MR) is 77.1 cm³/mol. The number of benzene rings is 1. The van der Waals surface area contributed by atoms with Crippen LogP contribution in [-0.2, 0) is 16.1 Å². The van der Waals surface area contributed by atoms with E-state index in [4.69, 9.17) is 10.5 Å². The number of halogens is 2. The summed E-state index contributed by atoms with van der Waals surface area (Å²) in [7, 11) is 1.66. The molecule has 0 aromatic heterocycles. The number of likely N-dealkylation sites (N-methyl/N-ethyl adjacent to an activating group) is 1. The molecular formula is C14H20ClFN2O2. The second kappa shape index (κ2) is 7.57. The molecule has 0 aliphatic carbocycles. The fourth-order valence-corrected chi connectivity index (χ4v) is 2.27. The number of rotatable bonds is 4. The van der Waals surface area contributed by atoms with E-state index in [1.54, 1.807) is 25.2 Å². The van der Waals surface area contributed by atoms with Crippen LogP contribution in [0, 0.1) is 5.82 Å². The van der Waals surface area contributed by atoms with Crippen molar-refractivity contribution >= 4 is 18.3 Å². The molecule has 4 nitrogen and oxygen atoms in total. The number of amides is 1. The summed E-state index contributed by atoms with van der Waals surface area (Å²) in [6.45, 7) is 0.680. The molecular weight excluding hydrogens is 283 g/mol. The van der Waals surface area contributed by atoms with E-state index < -0.39 is 6.10 Å². The summed E-state index contributed by atoms with van der Waals surface area (Å²) >= 11 is 0. The van der Waals surface area contributed by atoms with Crippen molar-refractivity contribution in [3.8, 4) is 0 Å². The molecule has 1 fully saturated rings. The van der Waals surface area contributed by atoms with Gasteiger partial charge >= 0.3 is 0 Å². The highest BCUT2D eigenvalue weighted by Gasteiger charge is 2.31. The van der Waals surface area contributed by atoms with Crippen molar-refractivity contribution in [2.75, 3.05) is 13.6 Å². The Balaban J connectivity index is 0.00000200. The summed E-state index contributed by atoms with van der Waals surface area (Å²) in [6, 6.07) is 6.46.